The van der Waals surface area contributed by atoms with E-state index in [4.69, 9.17) is 4.74 Å². The summed E-state index contributed by atoms with van der Waals surface area (Å²) in [5.41, 5.74) is 6.77. The molecule has 27 heavy (non-hydrogen) atoms. The van der Waals surface area contributed by atoms with Crippen molar-refractivity contribution in [3.8, 4) is 0 Å². The van der Waals surface area contributed by atoms with Gasteiger partial charge in [-0.3, -0.25) is 9.69 Å². The van der Waals surface area contributed by atoms with Gasteiger partial charge in [-0.15, -0.1) is 0 Å². The van der Waals surface area contributed by atoms with Crippen molar-refractivity contribution in [1.82, 2.24) is 4.90 Å². The Balaban J connectivity index is 0.00000176. The Kier molecular flexibility index (Phi) is 7.79. The third-order valence-corrected chi connectivity index (χ3v) is 4.03. The van der Waals surface area contributed by atoms with E-state index in [1.54, 1.807) is 20.8 Å². The van der Waals surface area contributed by atoms with E-state index in [0.717, 1.165) is 11.0 Å². The number of ketones is 1. The summed E-state index contributed by atoms with van der Waals surface area (Å²) < 4.78 is 46.9. The van der Waals surface area contributed by atoms with Crippen molar-refractivity contribution in [2.45, 2.75) is 44.8 Å². The van der Waals surface area contributed by atoms with Crippen LogP contribution in [0.2, 0.25) is 0 Å². The lowest BCUT2D eigenvalue weighted by atomic mass is 9.94. The first kappa shape index (κ1) is 22.9. The molecule has 0 aliphatic carbocycles. The van der Waals surface area contributed by atoms with E-state index in [1.165, 1.54) is 7.05 Å². The molecule has 1 amide bonds. The summed E-state index contributed by atoms with van der Waals surface area (Å²) in [6.45, 7) is 4.79. The normalized spacial score (nSPS) is 19.4. The molecule has 1 aliphatic rings. The fourth-order valence-electron chi connectivity index (χ4n) is 2.96. The average molecular weight is 390 g/mol. The molecule has 1 aromatic rings. The number of carbonyl (C=O) groups is 2. The van der Waals surface area contributed by atoms with Crippen LogP contribution in [0.3, 0.4) is 0 Å². The van der Waals surface area contributed by atoms with Crippen LogP contribution in [0.4, 0.5) is 18.0 Å². The molecule has 9 heteroatoms. The summed E-state index contributed by atoms with van der Waals surface area (Å²) in [6.07, 6.45) is -0.760. The third-order valence-electron chi connectivity index (χ3n) is 4.03. The fraction of sp³-hybridized carbons (Fsp3) is 0.556. The lowest BCUT2D eigenvalue weighted by molar-refractivity contribution is -0.355. The molecule has 5 N–H and O–H groups in total. The van der Waals surface area contributed by atoms with Gasteiger partial charge in [0.15, 0.2) is 11.6 Å². The number of benzene rings is 1. The minimum atomic E-state index is -1.29. The number of nitrogens with two attached hydrogens (primary N) is 1. The Bertz CT molecular complexity index is 692. The smallest absolute Gasteiger partial charge is 0.410 e. The molecule has 1 heterocycles. The van der Waals surface area contributed by atoms with Gasteiger partial charge in [0.25, 0.3) is 0 Å². The third kappa shape index (κ3) is 5.43. The van der Waals surface area contributed by atoms with Crippen LogP contribution in [0.1, 0.15) is 38.7 Å². The number of nitrogens with zero attached hydrogens (tertiary/aromatic N) is 1. The molecule has 0 spiro atoms. The van der Waals surface area contributed by atoms with Gasteiger partial charge in [-0.1, -0.05) is 0 Å². The van der Waals surface area contributed by atoms with Crippen molar-refractivity contribution in [3.63, 3.8) is 0 Å². The number of likely N-dealkylation sites (tertiary alicyclic amines) is 1. The Morgan fingerprint density at radius 1 is 1.22 bits per heavy atom. The lowest BCUT2D eigenvalue weighted by Gasteiger charge is -2.27. The predicted molar refractivity (Wildman–Crippen MR) is 93.3 cm³/mol. The molecule has 1 aromatic carbocycles. The number of quaternary nitrogens is 1. The van der Waals surface area contributed by atoms with Gasteiger partial charge < -0.3 is 16.2 Å². The van der Waals surface area contributed by atoms with Crippen molar-refractivity contribution in [2.24, 2.45) is 5.73 Å². The maximum Gasteiger partial charge on any atom is 0.410 e. The van der Waals surface area contributed by atoms with Crippen LogP contribution in [-0.4, -0.2) is 48.6 Å². The van der Waals surface area contributed by atoms with E-state index in [2.05, 4.69) is 11.5 Å². The van der Waals surface area contributed by atoms with Gasteiger partial charge >= 0.3 is 6.09 Å². The Labute approximate surface area is 156 Å². The van der Waals surface area contributed by atoms with Crippen LogP contribution >= 0.6 is 0 Å². The second-order valence-electron chi connectivity index (χ2n) is 7.05. The maximum absolute atomic E-state index is 14.1. The largest absolute Gasteiger partial charge is 0.444 e. The highest BCUT2D eigenvalue weighted by Crippen LogP contribution is 2.36. The zero-order valence-electron chi connectivity index (χ0n) is 16.0. The Morgan fingerprint density at radius 3 is 2.30 bits per heavy atom. The van der Waals surface area contributed by atoms with Gasteiger partial charge in [0.1, 0.15) is 24.0 Å². The standard InChI is InChI=1S/C17H21F3N2O3.CH5N/c1-17(2,3)25-16(24)22-8-9(6-12(22)13(23)7-21)14-10(18)4-5-11(19)15(14)20;1-2/h4-5,9,12H,6-8,21H2,1-3H3;2H2,1H3/p+1. The molecule has 1 fully saturated rings. The number of rotatable bonds is 3. The summed E-state index contributed by atoms with van der Waals surface area (Å²) in [5, 5.41) is 0. The Hall–Kier alpha value is -2.13. The number of ether oxygens (including phenoxy) is 1. The Morgan fingerprint density at radius 2 is 1.78 bits per heavy atom. The van der Waals surface area contributed by atoms with E-state index in [-0.39, 0.29) is 25.3 Å². The molecule has 0 aromatic heterocycles. The van der Waals surface area contributed by atoms with Gasteiger partial charge in [0.05, 0.1) is 0 Å². The number of amides is 1. The molecule has 0 bridgehead atoms. The molecule has 1 saturated heterocycles. The molecule has 6 nitrogen and oxygen atoms in total. The molecular formula is C18H27F3N3O3+. The van der Waals surface area contributed by atoms with E-state index in [1.807, 2.05) is 0 Å². The minimum Gasteiger partial charge on any atom is -0.444 e. The molecule has 2 unspecified atom stereocenters. The second-order valence-corrected chi connectivity index (χ2v) is 7.05. The molecule has 152 valence electrons. The number of hydrogen-bond donors (Lipinski definition) is 2. The molecule has 0 radical (unpaired) electrons. The van der Waals surface area contributed by atoms with Crippen LogP contribution in [0.15, 0.2) is 12.1 Å². The van der Waals surface area contributed by atoms with E-state index >= 15 is 0 Å². The number of halogens is 3. The highest BCUT2D eigenvalue weighted by atomic mass is 19.2. The molecule has 2 rings (SSSR count). The van der Waals surface area contributed by atoms with Crippen molar-refractivity contribution in [2.75, 3.05) is 20.1 Å². The summed E-state index contributed by atoms with van der Waals surface area (Å²) >= 11 is 0. The number of hydrogen-bond acceptors (Lipinski definition) is 4. The molecular weight excluding hydrogens is 363 g/mol. The van der Waals surface area contributed by atoms with Crippen LogP contribution in [0.5, 0.6) is 0 Å². The first-order valence-electron chi connectivity index (χ1n) is 8.58. The van der Waals surface area contributed by atoms with Gasteiger partial charge in [0, 0.05) is 18.0 Å². The molecule has 2 atom stereocenters. The minimum absolute atomic E-state index is 0.00904. The number of Topliss-reactive ketones (excluding diaryl/α,β-unsaturated/α-hetero) is 1. The first-order chi connectivity index (χ1) is 12.5. The van der Waals surface area contributed by atoms with Crippen LogP contribution in [-0.2, 0) is 9.53 Å². The van der Waals surface area contributed by atoms with Crippen LogP contribution < -0.4 is 11.5 Å². The zero-order chi connectivity index (χ0) is 20.9. The second kappa shape index (κ2) is 9.18. The average Bonchev–Trinajstić information content (AvgIpc) is 3.03. The fourth-order valence-corrected chi connectivity index (χ4v) is 2.96. The summed E-state index contributed by atoms with van der Waals surface area (Å²) in [5.74, 6) is -4.56. The van der Waals surface area contributed by atoms with Crippen molar-refractivity contribution in [3.05, 3.63) is 35.1 Å². The topological polar surface area (TPSA) is 100 Å². The van der Waals surface area contributed by atoms with E-state index < -0.39 is 46.7 Å². The number of carbonyl (C=O) groups excluding carboxylic acids is 2. The van der Waals surface area contributed by atoms with Gasteiger partial charge in [-0.25, -0.2) is 18.0 Å². The lowest BCUT2D eigenvalue weighted by Crippen LogP contribution is -2.58. The highest BCUT2D eigenvalue weighted by molar-refractivity contribution is 5.88. The van der Waals surface area contributed by atoms with Gasteiger partial charge in [-0.2, -0.15) is 0 Å². The SMILES string of the molecule is CC(C)(C)OC(=O)N1CC(c2c(F)ccc(F)c2F)CC1C(=O)C[NH3+].CN. The van der Waals surface area contributed by atoms with Gasteiger partial charge in [0.2, 0.25) is 5.78 Å². The molecule has 1 aliphatic heterocycles. The summed E-state index contributed by atoms with van der Waals surface area (Å²) in [6, 6.07) is 0.634. The monoisotopic (exact) mass is 390 g/mol. The van der Waals surface area contributed by atoms with E-state index in [9.17, 15) is 22.8 Å². The first-order valence-corrected chi connectivity index (χ1v) is 8.58. The van der Waals surface area contributed by atoms with E-state index in [0.29, 0.717) is 6.07 Å². The van der Waals surface area contributed by atoms with Crippen LogP contribution in [0, 0.1) is 17.5 Å². The maximum atomic E-state index is 14.1. The van der Waals surface area contributed by atoms with Crippen molar-refractivity contribution < 1.29 is 33.2 Å². The van der Waals surface area contributed by atoms with Crippen molar-refractivity contribution >= 4 is 11.9 Å². The zero-order valence-corrected chi connectivity index (χ0v) is 16.0. The quantitative estimate of drug-likeness (QED) is 0.766. The summed E-state index contributed by atoms with van der Waals surface area (Å²) in [4.78, 5) is 25.7. The summed E-state index contributed by atoms with van der Waals surface area (Å²) in [7, 11) is 1.50. The van der Waals surface area contributed by atoms with Gasteiger partial charge in [-0.05, 0) is 46.4 Å². The van der Waals surface area contributed by atoms with Crippen molar-refractivity contribution in [1.29, 1.82) is 0 Å². The van der Waals surface area contributed by atoms with Crippen LogP contribution in [0.25, 0.3) is 0 Å². The molecule has 0 saturated carbocycles. The highest BCUT2D eigenvalue weighted by Gasteiger charge is 2.43. The predicted octanol–water partition coefficient (Wildman–Crippen LogP) is 1.58.